The molecule has 1 amide bonds. The minimum Gasteiger partial charge on any atom is -0.488 e. The zero-order valence-corrected chi connectivity index (χ0v) is 16.2. The smallest absolute Gasteiger partial charge is 0.255 e. The molecule has 1 aliphatic heterocycles. The molecule has 0 atom stereocenters. The van der Waals surface area contributed by atoms with E-state index in [1.807, 2.05) is 48.5 Å². The van der Waals surface area contributed by atoms with Crippen LogP contribution in [0.5, 0.6) is 5.75 Å². The molecule has 2 N–H and O–H groups in total. The molecule has 1 aliphatic rings. The van der Waals surface area contributed by atoms with E-state index in [0.29, 0.717) is 17.9 Å². The number of nitrogens with one attached hydrogen (secondary N) is 2. The van der Waals surface area contributed by atoms with Gasteiger partial charge in [0, 0.05) is 10.5 Å². The summed E-state index contributed by atoms with van der Waals surface area (Å²) in [5.74, 6) is 0.556. The third-order valence-electron chi connectivity index (χ3n) is 4.11. The number of halogens is 2. The van der Waals surface area contributed by atoms with Gasteiger partial charge in [-0.25, -0.2) is 0 Å². The van der Waals surface area contributed by atoms with Crippen LogP contribution in [0.3, 0.4) is 0 Å². The lowest BCUT2D eigenvalue weighted by molar-refractivity contribution is 0.0925. The SMILES string of the molecule is Cl.O=C(NC1CCNCC1)c1ccccc1OCc1ccc(Br)cc1. The fourth-order valence-electron chi connectivity index (χ4n) is 2.75. The number of ether oxygens (including phenoxy) is 1. The Morgan fingerprint density at radius 1 is 1.12 bits per heavy atom. The maximum Gasteiger partial charge on any atom is 0.255 e. The van der Waals surface area contributed by atoms with Crippen molar-refractivity contribution in [3.05, 3.63) is 64.1 Å². The predicted octanol–water partition coefficient (Wildman–Crippen LogP) is 3.93. The zero-order valence-electron chi connectivity index (χ0n) is 13.8. The first-order chi connectivity index (χ1) is 11.7. The lowest BCUT2D eigenvalue weighted by atomic mass is 10.1. The Morgan fingerprint density at radius 2 is 1.80 bits per heavy atom. The van der Waals surface area contributed by atoms with Crippen LogP contribution in [-0.2, 0) is 6.61 Å². The highest BCUT2D eigenvalue weighted by molar-refractivity contribution is 9.10. The molecule has 2 aromatic rings. The van der Waals surface area contributed by atoms with Gasteiger partial charge in [-0.3, -0.25) is 4.79 Å². The summed E-state index contributed by atoms with van der Waals surface area (Å²) < 4.78 is 6.92. The van der Waals surface area contributed by atoms with Crippen molar-refractivity contribution < 1.29 is 9.53 Å². The van der Waals surface area contributed by atoms with Crippen molar-refractivity contribution in [2.45, 2.75) is 25.5 Å². The van der Waals surface area contributed by atoms with E-state index in [4.69, 9.17) is 4.74 Å². The first-order valence-electron chi connectivity index (χ1n) is 8.20. The molecule has 1 saturated heterocycles. The highest BCUT2D eigenvalue weighted by atomic mass is 79.9. The standard InChI is InChI=1S/C19H21BrN2O2.ClH/c20-15-7-5-14(6-8-15)13-24-18-4-2-1-3-17(18)19(23)22-16-9-11-21-12-10-16;/h1-8,16,21H,9-13H2,(H,22,23);1H. The van der Waals surface area contributed by atoms with Gasteiger partial charge in [-0.05, 0) is 55.8 Å². The van der Waals surface area contributed by atoms with Crippen LogP contribution in [0.2, 0.25) is 0 Å². The highest BCUT2D eigenvalue weighted by Crippen LogP contribution is 2.20. The molecule has 25 heavy (non-hydrogen) atoms. The van der Waals surface area contributed by atoms with E-state index in [-0.39, 0.29) is 24.4 Å². The van der Waals surface area contributed by atoms with E-state index >= 15 is 0 Å². The minimum atomic E-state index is -0.0618. The van der Waals surface area contributed by atoms with Gasteiger partial charge in [0.15, 0.2) is 0 Å². The van der Waals surface area contributed by atoms with Crippen molar-refractivity contribution >= 4 is 34.2 Å². The normalized spacial score (nSPS) is 14.4. The van der Waals surface area contributed by atoms with E-state index in [2.05, 4.69) is 26.6 Å². The van der Waals surface area contributed by atoms with Gasteiger partial charge in [0.1, 0.15) is 12.4 Å². The third kappa shape index (κ3) is 5.73. The number of amides is 1. The second kappa shape index (κ2) is 9.80. The summed E-state index contributed by atoms with van der Waals surface area (Å²) in [6, 6.07) is 15.6. The van der Waals surface area contributed by atoms with Crippen LogP contribution in [-0.4, -0.2) is 25.0 Å². The Labute approximate surface area is 162 Å². The van der Waals surface area contributed by atoms with Gasteiger partial charge in [-0.1, -0.05) is 40.2 Å². The molecule has 4 nitrogen and oxygen atoms in total. The molecule has 0 aliphatic carbocycles. The summed E-state index contributed by atoms with van der Waals surface area (Å²) in [6.07, 6.45) is 1.93. The molecule has 134 valence electrons. The van der Waals surface area contributed by atoms with Crippen molar-refractivity contribution in [1.82, 2.24) is 10.6 Å². The second-order valence-electron chi connectivity index (χ2n) is 5.91. The van der Waals surface area contributed by atoms with E-state index in [1.165, 1.54) is 0 Å². The average Bonchev–Trinajstić information content (AvgIpc) is 2.62. The first-order valence-corrected chi connectivity index (χ1v) is 8.99. The summed E-state index contributed by atoms with van der Waals surface area (Å²) >= 11 is 3.42. The molecule has 0 saturated carbocycles. The maximum atomic E-state index is 12.6. The van der Waals surface area contributed by atoms with E-state index in [0.717, 1.165) is 36.0 Å². The predicted molar refractivity (Wildman–Crippen MR) is 106 cm³/mol. The molecule has 0 radical (unpaired) electrons. The summed E-state index contributed by atoms with van der Waals surface area (Å²) in [5.41, 5.74) is 1.65. The van der Waals surface area contributed by atoms with Crippen molar-refractivity contribution in [3.63, 3.8) is 0 Å². The molecular formula is C19H22BrClN2O2. The van der Waals surface area contributed by atoms with E-state index in [9.17, 15) is 4.79 Å². The van der Waals surface area contributed by atoms with Crippen LogP contribution in [0.15, 0.2) is 53.0 Å². The van der Waals surface area contributed by atoms with Crippen LogP contribution >= 0.6 is 28.3 Å². The molecule has 0 unspecified atom stereocenters. The number of carbonyl (C=O) groups is 1. The quantitative estimate of drug-likeness (QED) is 0.763. The van der Waals surface area contributed by atoms with E-state index in [1.54, 1.807) is 0 Å². The van der Waals surface area contributed by atoms with Crippen LogP contribution in [0, 0.1) is 0 Å². The molecule has 2 aromatic carbocycles. The van der Waals surface area contributed by atoms with Crippen molar-refractivity contribution in [1.29, 1.82) is 0 Å². The molecule has 3 rings (SSSR count). The van der Waals surface area contributed by atoms with Gasteiger partial charge >= 0.3 is 0 Å². The number of benzene rings is 2. The highest BCUT2D eigenvalue weighted by Gasteiger charge is 2.18. The maximum absolute atomic E-state index is 12.6. The van der Waals surface area contributed by atoms with Gasteiger partial charge in [-0.2, -0.15) is 0 Å². The zero-order chi connectivity index (χ0) is 16.8. The van der Waals surface area contributed by atoms with Crippen LogP contribution in [0.1, 0.15) is 28.8 Å². The molecule has 1 fully saturated rings. The molecule has 0 spiro atoms. The average molecular weight is 426 g/mol. The molecule has 0 bridgehead atoms. The van der Waals surface area contributed by atoms with Gasteiger partial charge in [0.25, 0.3) is 5.91 Å². The fraction of sp³-hybridized carbons (Fsp3) is 0.316. The molecule has 1 heterocycles. The largest absolute Gasteiger partial charge is 0.488 e. The number of hydrogen-bond donors (Lipinski definition) is 2. The number of para-hydroxylation sites is 1. The summed E-state index contributed by atoms with van der Waals surface area (Å²) in [5, 5.41) is 6.42. The fourth-order valence-corrected chi connectivity index (χ4v) is 3.02. The van der Waals surface area contributed by atoms with Gasteiger partial charge < -0.3 is 15.4 Å². The summed E-state index contributed by atoms with van der Waals surface area (Å²) in [4.78, 5) is 12.6. The number of piperidine rings is 1. The van der Waals surface area contributed by atoms with Crippen molar-refractivity contribution in [3.8, 4) is 5.75 Å². The number of rotatable bonds is 5. The monoisotopic (exact) mass is 424 g/mol. The Hall–Kier alpha value is -1.56. The van der Waals surface area contributed by atoms with Crippen LogP contribution in [0.25, 0.3) is 0 Å². The summed E-state index contributed by atoms with van der Waals surface area (Å²) in [6.45, 7) is 2.34. The van der Waals surface area contributed by atoms with Gasteiger partial charge in [0.2, 0.25) is 0 Å². The van der Waals surface area contributed by atoms with Crippen molar-refractivity contribution in [2.75, 3.05) is 13.1 Å². The van der Waals surface area contributed by atoms with Gasteiger partial charge in [-0.15, -0.1) is 12.4 Å². The Morgan fingerprint density at radius 3 is 2.52 bits per heavy atom. The third-order valence-corrected chi connectivity index (χ3v) is 4.64. The molecule has 0 aromatic heterocycles. The molecule has 6 heteroatoms. The Bertz CT molecular complexity index is 688. The van der Waals surface area contributed by atoms with Crippen molar-refractivity contribution in [2.24, 2.45) is 0 Å². The topological polar surface area (TPSA) is 50.4 Å². The number of carbonyl (C=O) groups excluding carboxylic acids is 1. The Balaban J connectivity index is 0.00000225. The first kappa shape index (κ1) is 19.8. The second-order valence-corrected chi connectivity index (χ2v) is 6.82. The number of hydrogen-bond acceptors (Lipinski definition) is 3. The molecular weight excluding hydrogens is 404 g/mol. The Kier molecular flexibility index (Phi) is 7.75. The van der Waals surface area contributed by atoms with Gasteiger partial charge in [0.05, 0.1) is 5.56 Å². The van der Waals surface area contributed by atoms with Crippen LogP contribution in [0.4, 0.5) is 0 Å². The lowest BCUT2D eigenvalue weighted by Crippen LogP contribution is -2.42. The summed E-state index contributed by atoms with van der Waals surface area (Å²) in [7, 11) is 0. The van der Waals surface area contributed by atoms with E-state index < -0.39 is 0 Å². The van der Waals surface area contributed by atoms with Crippen LogP contribution < -0.4 is 15.4 Å². The minimum absolute atomic E-state index is 0. The lowest BCUT2D eigenvalue weighted by Gasteiger charge is -2.24.